The molecule has 16 heteroatoms. The molecule has 7 rings (SSSR count). The van der Waals surface area contributed by atoms with Crippen molar-refractivity contribution in [1.29, 1.82) is 5.26 Å². The molecule has 0 atom stereocenters. The Morgan fingerprint density at radius 2 is 1.82 bits per heavy atom. The van der Waals surface area contributed by atoms with Crippen molar-refractivity contribution < 1.29 is 22.7 Å². The lowest BCUT2D eigenvalue weighted by Gasteiger charge is -2.31. The molecule has 2 aliphatic rings. The molecule has 2 aliphatic heterocycles. The summed E-state index contributed by atoms with van der Waals surface area (Å²) in [5.41, 5.74) is 3.18. The molecule has 5 aromatic rings. The molecule has 1 fully saturated rings. The number of sulfone groups is 1. The van der Waals surface area contributed by atoms with Gasteiger partial charge in [-0.25, -0.2) is 18.4 Å². The van der Waals surface area contributed by atoms with Crippen molar-refractivity contribution in [2.45, 2.75) is 31.1 Å². The maximum absolute atomic E-state index is 13.4. The van der Waals surface area contributed by atoms with Crippen LogP contribution < -0.4 is 15.0 Å². The number of aromatic nitrogens is 5. The normalized spacial score (nSPS) is 15.2. The van der Waals surface area contributed by atoms with Crippen LogP contribution in [-0.4, -0.2) is 80.6 Å². The fourth-order valence-electron chi connectivity index (χ4n) is 6.38. The highest BCUT2D eigenvalue weighted by Gasteiger charge is 2.31. The van der Waals surface area contributed by atoms with E-state index in [1.54, 1.807) is 35.2 Å². The zero-order chi connectivity index (χ0) is 34.4. The third kappa shape index (κ3) is 6.34. The van der Waals surface area contributed by atoms with E-state index >= 15 is 0 Å². The molecule has 1 saturated heterocycles. The van der Waals surface area contributed by atoms with Crippen LogP contribution in [0.1, 0.15) is 49.7 Å². The summed E-state index contributed by atoms with van der Waals surface area (Å²) in [6.07, 6.45) is 9.07. The summed E-state index contributed by atoms with van der Waals surface area (Å²) in [7, 11) is 0.443. The minimum absolute atomic E-state index is 0.126. The molecule has 0 unspecified atom stereocenters. The van der Waals surface area contributed by atoms with E-state index in [1.807, 2.05) is 40.8 Å². The second-order valence-electron chi connectivity index (χ2n) is 12.3. The summed E-state index contributed by atoms with van der Waals surface area (Å²) in [5.74, 6) is 1.09. The average Bonchev–Trinajstić information content (AvgIpc) is 3.78. The monoisotopic (exact) mass is 699 g/mol. The van der Waals surface area contributed by atoms with Crippen molar-refractivity contribution in [3.63, 3.8) is 0 Å². The summed E-state index contributed by atoms with van der Waals surface area (Å²) < 4.78 is 33.3. The van der Waals surface area contributed by atoms with Gasteiger partial charge in [-0.3, -0.25) is 14.3 Å². The van der Waals surface area contributed by atoms with Gasteiger partial charge in [-0.1, -0.05) is 0 Å². The van der Waals surface area contributed by atoms with E-state index in [2.05, 4.69) is 26.5 Å². The fourth-order valence-corrected chi connectivity index (χ4v) is 8.66. The van der Waals surface area contributed by atoms with E-state index < -0.39 is 15.1 Å². The van der Waals surface area contributed by atoms with Gasteiger partial charge in [0, 0.05) is 62.5 Å². The molecule has 252 valence electrons. The molecule has 0 bridgehead atoms. The number of nitriles is 1. The molecule has 6 heterocycles. The van der Waals surface area contributed by atoms with Gasteiger partial charge in [0.25, 0.3) is 11.8 Å². The summed E-state index contributed by atoms with van der Waals surface area (Å²) in [6, 6.07) is 9.68. The second-order valence-corrected chi connectivity index (χ2v) is 15.7. The number of nitrogens with one attached hydrogen (secondary N) is 1. The standard InChI is InChI=1S/C33H33N9O5S2/c1-39-18-21(15-37-39)30(43)38-31-26(14-34)25-8-11-42(19-29(25)48-31)33-35-16-23(17-36-33)47-22-5-4-20-12-28(40(2)27(20)13-22)32(44)41-9-6-24(7-10-41)49(3,45)46/h4-5,12-13,15-18,24H,6-11,19H2,1-3H3,(H,38,43). The predicted octanol–water partition coefficient (Wildman–Crippen LogP) is 3.89. The molecule has 0 radical (unpaired) electrons. The zero-order valence-corrected chi connectivity index (χ0v) is 28.7. The highest BCUT2D eigenvalue weighted by Crippen LogP contribution is 2.38. The van der Waals surface area contributed by atoms with Gasteiger partial charge in [0.1, 0.15) is 32.4 Å². The van der Waals surface area contributed by atoms with Crippen molar-refractivity contribution >= 4 is 54.8 Å². The summed E-state index contributed by atoms with van der Waals surface area (Å²) >= 11 is 1.38. The molecular formula is C33H33N9O5S2. The number of amides is 2. The topological polar surface area (TPSA) is 168 Å². The van der Waals surface area contributed by atoms with Gasteiger partial charge in [0.05, 0.1) is 47.0 Å². The number of ether oxygens (including phenoxy) is 1. The number of nitrogens with zero attached hydrogens (tertiary/aromatic N) is 8. The number of carbonyl (C=O) groups is 2. The fraction of sp³-hybridized carbons (Fsp3) is 0.333. The van der Waals surface area contributed by atoms with Crippen LogP contribution in [0.25, 0.3) is 10.9 Å². The number of aryl methyl sites for hydroxylation is 2. The summed E-state index contributed by atoms with van der Waals surface area (Å²) in [6.45, 7) is 1.91. The number of rotatable bonds is 7. The molecule has 4 aromatic heterocycles. The molecule has 1 N–H and O–H groups in total. The lowest BCUT2D eigenvalue weighted by atomic mass is 10.0. The quantitative estimate of drug-likeness (QED) is 0.263. The van der Waals surface area contributed by atoms with Crippen molar-refractivity contribution in [1.82, 2.24) is 29.2 Å². The van der Waals surface area contributed by atoms with Gasteiger partial charge in [-0.05, 0) is 43.0 Å². The molecule has 2 amide bonds. The van der Waals surface area contributed by atoms with Crippen LogP contribution in [0.15, 0.2) is 49.1 Å². The number of piperidine rings is 1. The highest BCUT2D eigenvalue weighted by molar-refractivity contribution is 7.91. The molecule has 14 nitrogen and oxygen atoms in total. The maximum Gasteiger partial charge on any atom is 0.270 e. The number of fused-ring (bicyclic) bond motifs is 2. The van der Waals surface area contributed by atoms with Crippen molar-refractivity contribution in [2.75, 3.05) is 36.1 Å². The van der Waals surface area contributed by atoms with Crippen LogP contribution in [0.3, 0.4) is 0 Å². The number of thiophene rings is 1. The van der Waals surface area contributed by atoms with E-state index in [4.69, 9.17) is 4.74 Å². The Kier molecular flexibility index (Phi) is 8.33. The molecular weight excluding hydrogens is 667 g/mol. The number of hydrogen-bond donors (Lipinski definition) is 1. The minimum Gasteiger partial charge on any atom is -0.454 e. The van der Waals surface area contributed by atoms with E-state index in [0.717, 1.165) is 21.3 Å². The lowest BCUT2D eigenvalue weighted by Crippen LogP contribution is -2.42. The zero-order valence-electron chi connectivity index (χ0n) is 27.1. The van der Waals surface area contributed by atoms with Crippen molar-refractivity contribution in [3.8, 4) is 17.6 Å². The maximum atomic E-state index is 13.4. The third-order valence-corrected chi connectivity index (χ3v) is 11.9. The molecule has 1 aromatic carbocycles. The van der Waals surface area contributed by atoms with Crippen LogP contribution in [0.2, 0.25) is 0 Å². The van der Waals surface area contributed by atoms with Gasteiger partial charge in [0.15, 0.2) is 5.75 Å². The Bertz CT molecular complexity index is 2240. The first-order chi connectivity index (χ1) is 23.5. The van der Waals surface area contributed by atoms with Gasteiger partial charge < -0.3 is 24.4 Å². The third-order valence-electron chi connectivity index (χ3n) is 9.07. The Labute approximate surface area is 286 Å². The molecule has 49 heavy (non-hydrogen) atoms. The van der Waals surface area contributed by atoms with E-state index in [0.29, 0.717) is 84.7 Å². The minimum atomic E-state index is -3.12. The van der Waals surface area contributed by atoms with Crippen LogP contribution in [0.5, 0.6) is 11.5 Å². The Morgan fingerprint density at radius 3 is 2.49 bits per heavy atom. The van der Waals surface area contributed by atoms with Crippen LogP contribution in [0.4, 0.5) is 10.9 Å². The summed E-state index contributed by atoms with van der Waals surface area (Å²) in [5, 5.41) is 17.8. The van der Waals surface area contributed by atoms with E-state index in [9.17, 15) is 23.3 Å². The lowest BCUT2D eigenvalue weighted by molar-refractivity contribution is 0.0716. The first-order valence-electron chi connectivity index (χ1n) is 15.7. The van der Waals surface area contributed by atoms with E-state index in [-0.39, 0.29) is 11.8 Å². The molecule has 0 aliphatic carbocycles. The molecule has 0 spiro atoms. The number of likely N-dealkylation sites (tertiary alicyclic amines) is 1. The number of hydrogen-bond acceptors (Lipinski definition) is 11. The van der Waals surface area contributed by atoms with E-state index in [1.165, 1.54) is 23.8 Å². The Balaban J connectivity index is 1.01. The second kappa shape index (κ2) is 12.6. The average molecular weight is 700 g/mol. The van der Waals surface area contributed by atoms with Gasteiger partial charge in [-0.2, -0.15) is 10.4 Å². The Morgan fingerprint density at radius 1 is 1.06 bits per heavy atom. The van der Waals surface area contributed by atoms with Crippen LogP contribution >= 0.6 is 11.3 Å². The number of carbonyl (C=O) groups excluding carboxylic acids is 2. The SMILES string of the molecule is Cn1cc(C(=O)Nc2sc3c(c2C#N)CCN(c2ncc(Oc4ccc5cc(C(=O)N6CCC(S(C)(=O)=O)CC6)n(C)c5c4)cn2)C3)cn1. The predicted molar refractivity (Wildman–Crippen MR) is 184 cm³/mol. The Hall–Kier alpha value is -5.27. The first kappa shape index (κ1) is 32.3. The van der Waals surface area contributed by atoms with Crippen LogP contribution in [-0.2, 0) is 36.9 Å². The smallest absolute Gasteiger partial charge is 0.270 e. The summed E-state index contributed by atoms with van der Waals surface area (Å²) in [4.78, 5) is 39.9. The molecule has 0 saturated carbocycles. The van der Waals surface area contributed by atoms with Gasteiger partial charge in [0.2, 0.25) is 5.95 Å². The highest BCUT2D eigenvalue weighted by atomic mass is 32.2. The largest absolute Gasteiger partial charge is 0.454 e. The van der Waals surface area contributed by atoms with Gasteiger partial charge >= 0.3 is 0 Å². The van der Waals surface area contributed by atoms with Crippen molar-refractivity contribution in [3.05, 3.63) is 76.3 Å². The van der Waals surface area contributed by atoms with Crippen LogP contribution in [0, 0.1) is 11.3 Å². The van der Waals surface area contributed by atoms with Crippen molar-refractivity contribution in [2.24, 2.45) is 14.1 Å². The van der Waals surface area contributed by atoms with Gasteiger partial charge in [-0.15, -0.1) is 11.3 Å². The first-order valence-corrected chi connectivity index (χ1v) is 18.4. The number of anilines is 2. The number of benzene rings is 1.